The van der Waals surface area contributed by atoms with Crippen molar-refractivity contribution in [2.24, 2.45) is 17.1 Å². The Morgan fingerprint density at radius 3 is 1.62 bits per heavy atom. The molecule has 0 saturated heterocycles. The van der Waals surface area contributed by atoms with Gasteiger partial charge in [0.05, 0.1) is 0 Å². The van der Waals surface area contributed by atoms with Gasteiger partial charge >= 0.3 is 0 Å². The van der Waals surface area contributed by atoms with Gasteiger partial charge in [-0.15, -0.1) is 0 Å². The molecule has 0 unspecified atom stereocenters. The third-order valence-electron chi connectivity index (χ3n) is 2.83. The maximum Gasteiger partial charge on any atom is 0.300 e. The van der Waals surface area contributed by atoms with Crippen molar-refractivity contribution in [2.45, 2.75) is 59.8 Å². The van der Waals surface area contributed by atoms with E-state index in [1.54, 1.807) is 0 Å². The first kappa shape index (κ1) is 17.8. The van der Waals surface area contributed by atoms with Gasteiger partial charge in [0, 0.05) is 6.92 Å². The minimum Gasteiger partial charge on any atom is -0.481 e. The highest BCUT2D eigenvalue weighted by Crippen LogP contribution is 2.37. The summed E-state index contributed by atoms with van der Waals surface area (Å²) in [6, 6.07) is 0. The van der Waals surface area contributed by atoms with Crippen LogP contribution in [0.2, 0.25) is 0 Å². The molecule has 0 amide bonds. The molecular formula is C13H29NO2. The first-order chi connectivity index (χ1) is 7.34. The van der Waals surface area contributed by atoms with Crippen molar-refractivity contribution in [1.29, 1.82) is 0 Å². The van der Waals surface area contributed by atoms with Gasteiger partial charge in [-0.05, 0) is 31.2 Å². The van der Waals surface area contributed by atoms with E-state index in [0.29, 0.717) is 5.41 Å². The van der Waals surface area contributed by atoms with Crippen molar-refractivity contribution in [1.82, 2.24) is 0 Å². The summed E-state index contributed by atoms with van der Waals surface area (Å²) in [6.07, 6.45) is 7.38. The van der Waals surface area contributed by atoms with Crippen LogP contribution in [-0.4, -0.2) is 18.1 Å². The molecule has 0 aliphatic heterocycles. The molecule has 3 N–H and O–H groups in total. The standard InChI is InChI=1S/C10H20.C2H4O2.CH5N/c1-10(2,3)9-7-5-4-6-8-9;1-2(3)4;1-2/h9H,4-8H2,1-3H3;1H3,(H,3,4);2H2,1H3. The molecule has 0 heterocycles. The second kappa shape index (κ2) is 9.64. The van der Waals surface area contributed by atoms with Crippen molar-refractivity contribution in [3.05, 3.63) is 0 Å². The zero-order valence-corrected chi connectivity index (χ0v) is 11.5. The Bertz CT molecular complexity index is 163. The topological polar surface area (TPSA) is 63.3 Å². The van der Waals surface area contributed by atoms with Gasteiger partial charge in [0.1, 0.15) is 0 Å². The number of carboxylic acid groups (broad SMARTS) is 1. The first-order valence-corrected chi connectivity index (χ1v) is 6.11. The Balaban J connectivity index is 0. The zero-order valence-electron chi connectivity index (χ0n) is 11.5. The third kappa shape index (κ3) is 11.5. The van der Waals surface area contributed by atoms with E-state index in [1.807, 2.05) is 0 Å². The summed E-state index contributed by atoms with van der Waals surface area (Å²) in [5, 5.41) is 7.42. The summed E-state index contributed by atoms with van der Waals surface area (Å²) in [4.78, 5) is 9.00. The average molecular weight is 231 g/mol. The lowest BCUT2D eigenvalue weighted by molar-refractivity contribution is -0.134. The van der Waals surface area contributed by atoms with Gasteiger partial charge < -0.3 is 10.8 Å². The molecule has 1 aliphatic carbocycles. The summed E-state index contributed by atoms with van der Waals surface area (Å²) >= 11 is 0. The monoisotopic (exact) mass is 231 g/mol. The maximum atomic E-state index is 9.00. The maximum absolute atomic E-state index is 9.00. The second-order valence-electron chi connectivity index (χ2n) is 5.22. The largest absolute Gasteiger partial charge is 0.481 e. The van der Waals surface area contributed by atoms with Crippen LogP contribution in [0.4, 0.5) is 0 Å². The number of nitrogens with two attached hydrogens (primary N) is 1. The van der Waals surface area contributed by atoms with Crippen LogP contribution in [0.15, 0.2) is 0 Å². The molecule has 1 aliphatic rings. The summed E-state index contributed by atoms with van der Waals surface area (Å²) in [7, 11) is 1.50. The first-order valence-electron chi connectivity index (χ1n) is 6.11. The fraction of sp³-hybridized carbons (Fsp3) is 0.923. The van der Waals surface area contributed by atoms with Crippen LogP contribution >= 0.6 is 0 Å². The van der Waals surface area contributed by atoms with Crippen LogP contribution in [0, 0.1) is 11.3 Å². The summed E-state index contributed by atoms with van der Waals surface area (Å²) in [5.41, 5.74) is 5.07. The van der Waals surface area contributed by atoms with Gasteiger partial charge in [0.2, 0.25) is 0 Å². The van der Waals surface area contributed by atoms with Crippen molar-refractivity contribution in [3.63, 3.8) is 0 Å². The van der Waals surface area contributed by atoms with E-state index >= 15 is 0 Å². The van der Waals surface area contributed by atoms with Gasteiger partial charge in [-0.2, -0.15) is 0 Å². The number of aliphatic carboxylic acids is 1. The van der Waals surface area contributed by atoms with Crippen molar-refractivity contribution in [3.8, 4) is 0 Å². The van der Waals surface area contributed by atoms with Gasteiger partial charge in [-0.3, -0.25) is 4.79 Å². The lowest BCUT2D eigenvalue weighted by Crippen LogP contribution is -2.22. The summed E-state index contributed by atoms with van der Waals surface area (Å²) < 4.78 is 0. The van der Waals surface area contributed by atoms with Gasteiger partial charge in [0.25, 0.3) is 5.97 Å². The lowest BCUT2D eigenvalue weighted by atomic mass is 9.72. The van der Waals surface area contributed by atoms with Gasteiger partial charge in [-0.1, -0.05) is 40.0 Å². The Morgan fingerprint density at radius 1 is 1.12 bits per heavy atom. The van der Waals surface area contributed by atoms with E-state index in [9.17, 15) is 0 Å². The number of hydrogen-bond acceptors (Lipinski definition) is 2. The van der Waals surface area contributed by atoms with E-state index in [-0.39, 0.29) is 0 Å². The van der Waals surface area contributed by atoms with Crippen molar-refractivity contribution >= 4 is 5.97 Å². The molecule has 0 radical (unpaired) electrons. The van der Waals surface area contributed by atoms with Crippen LogP contribution in [0.3, 0.4) is 0 Å². The van der Waals surface area contributed by atoms with Crippen LogP contribution in [0.1, 0.15) is 59.8 Å². The minimum absolute atomic E-state index is 0.570. The smallest absolute Gasteiger partial charge is 0.300 e. The fourth-order valence-corrected chi connectivity index (χ4v) is 1.97. The molecule has 0 aromatic rings. The molecule has 1 fully saturated rings. The second-order valence-corrected chi connectivity index (χ2v) is 5.22. The number of rotatable bonds is 0. The molecule has 1 saturated carbocycles. The quantitative estimate of drug-likeness (QED) is 0.672. The van der Waals surface area contributed by atoms with Crippen LogP contribution in [0.25, 0.3) is 0 Å². The molecule has 0 atom stereocenters. The predicted octanol–water partition coefficient (Wildman–Crippen LogP) is 3.28. The van der Waals surface area contributed by atoms with E-state index < -0.39 is 5.97 Å². The Kier molecular flexibility index (Phi) is 10.7. The average Bonchev–Trinajstić information content (AvgIpc) is 2.20. The SMILES string of the molecule is CC(=O)O.CC(C)(C)C1CCCCC1.CN. The molecule has 0 spiro atoms. The molecule has 3 heteroatoms. The van der Waals surface area contributed by atoms with Crippen LogP contribution in [-0.2, 0) is 4.79 Å². The molecule has 3 nitrogen and oxygen atoms in total. The number of carboxylic acids is 1. The van der Waals surface area contributed by atoms with Crippen molar-refractivity contribution < 1.29 is 9.90 Å². The Hall–Kier alpha value is -0.570. The molecule has 0 bridgehead atoms. The zero-order chi connectivity index (χ0) is 13.2. The van der Waals surface area contributed by atoms with Crippen LogP contribution in [0.5, 0.6) is 0 Å². The van der Waals surface area contributed by atoms with Crippen LogP contribution < -0.4 is 5.73 Å². The van der Waals surface area contributed by atoms with E-state index in [2.05, 4.69) is 26.5 Å². The van der Waals surface area contributed by atoms with Crippen molar-refractivity contribution in [2.75, 3.05) is 7.05 Å². The summed E-state index contributed by atoms with van der Waals surface area (Å²) in [5.74, 6) is 0.168. The molecule has 0 aromatic carbocycles. The number of carbonyl (C=O) groups is 1. The van der Waals surface area contributed by atoms with E-state index in [4.69, 9.17) is 9.90 Å². The fourth-order valence-electron chi connectivity index (χ4n) is 1.97. The third-order valence-corrected chi connectivity index (χ3v) is 2.83. The highest BCUT2D eigenvalue weighted by molar-refractivity contribution is 5.62. The molecule has 0 aromatic heterocycles. The minimum atomic E-state index is -0.833. The normalized spacial score (nSPS) is 16.4. The highest BCUT2D eigenvalue weighted by Gasteiger charge is 2.25. The van der Waals surface area contributed by atoms with Gasteiger partial charge in [0.15, 0.2) is 0 Å². The Morgan fingerprint density at radius 2 is 1.44 bits per heavy atom. The molecule has 1 rings (SSSR count). The predicted molar refractivity (Wildman–Crippen MR) is 69.5 cm³/mol. The van der Waals surface area contributed by atoms with E-state index in [1.165, 1.54) is 39.2 Å². The van der Waals surface area contributed by atoms with Gasteiger partial charge in [-0.25, -0.2) is 0 Å². The molecule has 16 heavy (non-hydrogen) atoms. The van der Waals surface area contributed by atoms with E-state index in [0.717, 1.165) is 12.8 Å². The molecular weight excluding hydrogens is 202 g/mol. The highest BCUT2D eigenvalue weighted by atomic mass is 16.4. The number of hydrogen-bond donors (Lipinski definition) is 2. The summed E-state index contributed by atoms with van der Waals surface area (Å²) in [6.45, 7) is 8.22. The molecule has 98 valence electrons. The lowest BCUT2D eigenvalue weighted by Gasteiger charge is -2.33. The Labute approximate surface area is 100 Å².